The van der Waals surface area contributed by atoms with Crippen molar-refractivity contribution >= 4 is 54.4 Å². The lowest BCUT2D eigenvalue weighted by atomic mass is 9.96. The Labute approximate surface area is 247 Å². The first kappa shape index (κ1) is 22.8. The smallest absolute Gasteiger partial charge is 0.152 e. The number of rotatable bonds is 2. The maximum atomic E-state index is 6.34. The molecule has 0 fully saturated rings. The minimum atomic E-state index is 0.881. The maximum absolute atomic E-state index is 6.34. The van der Waals surface area contributed by atoms with E-state index in [0.29, 0.717) is 0 Å². The summed E-state index contributed by atoms with van der Waals surface area (Å²) in [7, 11) is 0. The van der Waals surface area contributed by atoms with Gasteiger partial charge in [-0.25, -0.2) is 0 Å². The van der Waals surface area contributed by atoms with Crippen LogP contribution in [-0.4, -0.2) is 9.13 Å². The summed E-state index contributed by atoms with van der Waals surface area (Å²) in [6.07, 6.45) is 0. The minimum Gasteiger partial charge on any atom is -0.453 e. The molecule has 0 amide bonds. The van der Waals surface area contributed by atoms with Crippen LogP contribution >= 0.6 is 0 Å². The Kier molecular flexibility index (Phi) is 4.45. The van der Waals surface area contributed by atoms with Gasteiger partial charge in [0.2, 0.25) is 0 Å². The van der Waals surface area contributed by atoms with E-state index < -0.39 is 0 Å². The van der Waals surface area contributed by atoms with E-state index in [1.807, 2.05) is 12.1 Å². The van der Waals surface area contributed by atoms with Crippen LogP contribution in [0.4, 0.5) is 0 Å². The molecule has 0 bridgehead atoms. The standard InChI is InChI=1S/C40H24N2O/c1-2-11-28-27(10-1)26(22-23-35(28)41-33-15-5-3-12-29(33)30-13-4-6-16-34(30)41)25-20-21-31-32-14-9-19-39-40(32)42(37(31)24-25)36-17-7-8-18-38(36)43-39/h1-24H. The molecule has 0 saturated heterocycles. The van der Waals surface area contributed by atoms with Gasteiger partial charge < -0.3 is 13.9 Å². The second-order valence-electron chi connectivity index (χ2n) is 11.3. The third kappa shape index (κ3) is 3.03. The van der Waals surface area contributed by atoms with E-state index in [-0.39, 0.29) is 0 Å². The van der Waals surface area contributed by atoms with Crippen molar-refractivity contribution < 1.29 is 4.74 Å². The molecule has 43 heavy (non-hydrogen) atoms. The second kappa shape index (κ2) is 8.37. The van der Waals surface area contributed by atoms with Crippen LogP contribution in [0.2, 0.25) is 0 Å². The molecule has 0 saturated carbocycles. The number of hydrogen-bond acceptors (Lipinski definition) is 1. The van der Waals surface area contributed by atoms with Crippen molar-refractivity contribution in [1.82, 2.24) is 9.13 Å². The lowest BCUT2D eigenvalue weighted by Crippen LogP contribution is -2.03. The zero-order chi connectivity index (χ0) is 28.1. The average Bonchev–Trinajstić information content (AvgIpc) is 3.58. The molecule has 3 heterocycles. The highest BCUT2D eigenvalue weighted by molar-refractivity contribution is 6.14. The van der Waals surface area contributed by atoms with E-state index in [2.05, 4.69) is 143 Å². The van der Waals surface area contributed by atoms with E-state index >= 15 is 0 Å². The summed E-state index contributed by atoms with van der Waals surface area (Å²) in [6, 6.07) is 52.4. The molecule has 10 rings (SSSR count). The number of nitrogens with zero attached hydrogens (tertiary/aromatic N) is 2. The van der Waals surface area contributed by atoms with Crippen LogP contribution in [0.3, 0.4) is 0 Å². The molecule has 0 aliphatic carbocycles. The van der Waals surface area contributed by atoms with E-state index in [4.69, 9.17) is 4.74 Å². The Bertz CT molecular complexity index is 2550. The first-order valence-electron chi connectivity index (χ1n) is 14.7. The van der Waals surface area contributed by atoms with Gasteiger partial charge in [-0.3, -0.25) is 0 Å². The molecule has 1 aliphatic rings. The van der Waals surface area contributed by atoms with Gasteiger partial charge in [0.1, 0.15) is 0 Å². The largest absolute Gasteiger partial charge is 0.453 e. The predicted octanol–water partition coefficient (Wildman–Crippen LogP) is 10.8. The van der Waals surface area contributed by atoms with E-state index in [0.717, 1.165) is 22.7 Å². The third-order valence-electron chi connectivity index (χ3n) is 9.11. The minimum absolute atomic E-state index is 0.881. The molecule has 2 aromatic heterocycles. The van der Waals surface area contributed by atoms with Gasteiger partial charge in [0.15, 0.2) is 11.5 Å². The number of para-hydroxylation sites is 5. The van der Waals surface area contributed by atoms with Gasteiger partial charge in [0.25, 0.3) is 0 Å². The lowest BCUT2D eigenvalue weighted by molar-refractivity contribution is 0.476. The van der Waals surface area contributed by atoms with Gasteiger partial charge >= 0.3 is 0 Å². The van der Waals surface area contributed by atoms with Crippen molar-refractivity contribution in [2.75, 3.05) is 0 Å². The number of benzene rings is 7. The zero-order valence-corrected chi connectivity index (χ0v) is 23.2. The fourth-order valence-corrected chi connectivity index (χ4v) is 7.29. The number of fused-ring (bicyclic) bond motifs is 9. The van der Waals surface area contributed by atoms with E-state index in [1.165, 1.54) is 65.7 Å². The van der Waals surface area contributed by atoms with Crippen molar-refractivity contribution in [2.24, 2.45) is 0 Å². The van der Waals surface area contributed by atoms with Crippen molar-refractivity contribution in [1.29, 1.82) is 0 Å². The second-order valence-corrected chi connectivity index (χ2v) is 11.3. The third-order valence-corrected chi connectivity index (χ3v) is 9.11. The molecule has 0 spiro atoms. The van der Waals surface area contributed by atoms with Gasteiger partial charge in [0.05, 0.1) is 33.4 Å². The number of aromatic nitrogens is 2. The topological polar surface area (TPSA) is 19.1 Å². The Morgan fingerprint density at radius 2 is 1.00 bits per heavy atom. The molecule has 3 heteroatoms. The van der Waals surface area contributed by atoms with Crippen LogP contribution < -0.4 is 4.74 Å². The fourth-order valence-electron chi connectivity index (χ4n) is 7.29. The fraction of sp³-hybridized carbons (Fsp3) is 0. The predicted molar refractivity (Wildman–Crippen MR) is 178 cm³/mol. The molecule has 9 aromatic rings. The van der Waals surface area contributed by atoms with Gasteiger partial charge in [-0.05, 0) is 59.0 Å². The first-order valence-corrected chi connectivity index (χ1v) is 14.7. The highest BCUT2D eigenvalue weighted by atomic mass is 16.5. The molecule has 200 valence electrons. The van der Waals surface area contributed by atoms with Crippen molar-refractivity contribution in [3.05, 3.63) is 146 Å². The molecular formula is C40H24N2O. The maximum Gasteiger partial charge on any atom is 0.152 e. The average molecular weight is 549 g/mol. The highest BCUT2D eigenvalue weighted by Crippen LogP contribution is 2.46. The van der Waals surface area contributed by atoms with Crippen LogP contribution in [0.5, 0.6) is 11.5 Å². The van der Waals surface area contributed by atoms with Gasteiger partial charge in [-0.1, -0.05) is 103 Å². The van der Waals surface area contributed by atoms with Crippen LogP contribution in [-0.2, 0) is 0 Å². The molecule has 3 nitrogen and oxygen atoms in total. The monoisotopic (exact) mass is 548 g/mol. The van der Waals surface area contributed by atoms with Gasteiger partial charge in [-0.15, -0.1) is 0 Å². The Balaban J connectivity index is 1.25. The summed E-state index contributed by atoms with van der Waals surface area (Å²) in [5, 5.41) is 7.45. The summed E-state index contributed by atoms with van der Waals surface area (Å²) >= 11 is 0. The normalized spacial score (nSPS) is 12.4. The summed E-state index contributed by atoms with van der Waals surface area (Å²) < 4.78 is 11.1. The summed E-state index contributed by atoms with van der Waals surface area (Å²) in [6.45, 7) is 0. The zero-order valence-electron chi connectivity index (χ0n) is 23.2. The first-order chi connectivity index (χ1) is 21.3. The van der Waals surface area contributed by atoms with Crippen LogP contribution in [0, 0.1) is 0 Å². The van der Waals surface area contributed by atoms with Crippen LogP contribution in [0.15, 0.2) is 146 Å². The Morgan fingerprint density at radius 1 is 0.372 bits per heavy atom. The van der Waals surface area contributed by atoms with Crippen LogP contribution in [0.25, 0.3) is 76.9 Å². The summed E-state index contributed by atoms with van der Waals surface area (Å²) in [4.78, 5) is 0. The summed E-state index contributed by atoms with van der Waals surface area (Å²) in [5.74, 6) is 1.78. The molecular weight excluding hydrogens is 524 g/mol. The van der Waals surface area contributed by atoms with Gasteiger partial charge in [-0.2, -0.15) is 0 Å². The summed E-state index contributed by atoms with van der Waals surface area (Å²) in [5.41, 5.74) is 9.44. The molecule has 1 aliphatic heterocycles. The molecule has 0 N–H and O–H groups in total. The molecule has 0 radical (unpaired) electrons. The molecule has 0 unspecified atom stereocenters. The van der Waals surface area contributed by atoms with Gasteiger partial charge in [0, 0.05) is 26.9 Å². The SMILES string of the molecule is c1ccc2c(c1)Oc1cccc3c4ccc(-c5ccc(-n6c7ccccc7c7ccccc76)c6ccccc56)cc4n-2c13. The lowest BCUT2D eigenvalue weighted by Gasteiger charge is -2.20. The Morgan fingerprint density at radius 3 is 1.81 bits per heavy atom. The van der Waals surface area contributed by atoms with E-state index in [1.54, 1.807) is 0 Å². The highest BCUT2D eigenvalue weighted by Gasteiger charge is 2.24. The van der Waals surface area contributed by atoms with Crippen molar-refractivity contribution in [3.8, 4) is 34.0 Å². The quantitative estimate of drug-likeness (QED) is 0.210. The van der Waals surface area contributed by atoms with Crippen molar-refractivity contribution in [3.63, 3.8) is 0 Å². The van der Waals surface area contributed by atoms with Crippen molar-refractivity contribution in [2.45, 2.75) is 0 Å². The molecule has 0 atom stereocenters. The van der Waals surface area contributed by atoms with E-state index in [9.17, 15) is 0 Å². The molecule has 7 aromatic carbocycles. The number of hydrogen-bond donors (Lipinski definition) is 0. The van der Waals surface area contributed by atoms with Crippen LogP contribution in [0.1, 0.15) is 0 Å². The Hall–Kier alpha value is -5.80. The number of ether oxygens (including phenoxy) is 1.